The number of hydrogen-bond acceptors (Lipinski definition) is 4. The van der Waals surface area contributed by atoms with Gasteiger partial charge in [-0.3, -0.25) is 0 Å². The third-order valence-electron chi connectivity index (χ3n) is 1.85. The van der Waals surface area contributed by atoms with E-state index in [1.807, 2.05) is 6.92 Å². The monoisotopic (exact) mass is 181 g/mol. The standard InChI is InChI=1S/C9H11NO3/c1-3-6(10)4-7-5(2)8(11)13-9(7)12/h4H,3,10H2,1-2H3/b6-4+. The molecule has 0 aromatic carbocycles. The zero-order valence-corrected chi connectivity index (χ0v) is 7.59. The quantitative estimate of drug-likeness (QED) is 0.501. The lowest BCUT2D eigenvalue weighted by Gasteiger charge is -1.94. The van der Waals surface area contributed by atoms with E-state index in [2.05, 4.69) is 4.74 Å². The summed E-state index contributed by atoms with van der Waals surface area (Å²) in [6.07, 6.45) is 2.13. The molecule has 0 amide bonds. The van der Waals surface area contributed by atoms with Crippen LogP contribution in [-0.2, 0) is 14.3 Å². The summed E-state index contributed by atoms with van der Waals surface area (Å²) in [5.41, 5.74) is 6.68. The fourth-order valence-electron chi connectivity index (χ4n) is 0.933. The second kappa shape index (κ2) is 3.43. The molecule has 0 fully saturated rings. The number of allylic oxidation sites excluding steroid dienone is 1. The highest BCUT2D eigenvalue weighted by atomic mass is 16.6. The third-order valence-corrected chi connectivity index (χ3v) is 1.85. The van der Waals surface area contributed by atoms with Crippen LogP contribution in [0.5, 0.6) is 0 Å². The van der Waals surface area contributed by atoms with Gasteiger partial charge >= 0.3 is 11.9 Å². The maximum atomic E-state index is 11.0. The number of esters is 2. The molecule has 0 aliphatic carbocycles. The number of carbonyl (C=O) groups is 2. The summed E-state index contributed by atoms with van der Waals surface area (Å²) in [6, 6.07) is 0. The molecule has 1 aliphatic heterocycles. The number of nitrogens with two attached hydrogens (primary N) is 1. The zero-order valence-electron chi connectivity index (χ0n) is 7.59. The van der Waals surface area contributed by atoms with E-state index < -0.39 is 11.9 Å². The number of hydrogen-bond donors (Lipinski definition) is 1. The Labute approximate surface area is 76.1 Å². The largest absolute Gasteiger partial charge is 0.402 e. The Bertz CT molecular complexity index is 326. The van der Waals surface area contributed by atoms with Crippen molar-refractivity contribution in [3.05, 3.63) is 22.9 Å². The maximum Gasteiger partial charge on any atom is 0.346 e. The minimum Gasteiger partial charge on any atom is -0.402 e. The zero-order chi connectivity index (χ0) is 10.0. The van der Waals surface area contributed by atoms with Gasteiger partial charge in [0, 0.05) is 11.3 Å². The topological polar surface area (TPSA) is 69.4 Å². The van der Waals surface area contributed by atoms with E-state index in [9.17, 15) is 9.59 Å². The van der Waals surface area contributed by atoms with Crippen LogP contribution in [0.4, 0.5) is 0 Å². The van der Waals surface area contributed by atoms with Crippen molar-refractivity contribution in [1.82, 2.24) is 0 Å². The smallest absolute Gasteiger partial charge is 0.346 e. The van der Waals surface area contributed by atoms with E-state index in [0.29, 0.717) is 17.7 Å². The van der Waals surface area contributed by atoms with Gasteiger partial charge in [0.15, 0.2) is 0 Å². The summed E-state index contributed by atoms with van der Waals surface area (Å²) >= 11 is 0. The van der Waals surface area contributed by atoms with Gasteiger partial charge < -0.3 is 10.5 Å². The lowest BCUT2D eigenvalue weighted by molar-refractivity contribution is -0.150. The van der Waals surface area contributed by atoms with Gasteiger partial charge in [0.1, 0.15) is 0 Å². The van der Waals surface area contributed by atoms with E-state index in [1.165, 1.54) is 6.08 Å². The Kier molecular flexibility index (Phi) is 2.51. The average Bonchev–Trinajstić information content (AvgIpc) is 2.32. The van der Waals surface area contributed by atoms with E-state index in [0.717, 1.165) is 0 Å². The number of ether oxygens (including phenoxy) is 1. The van der Waals surface area contributed by atoms with Crippen molar-refractivity contribution in [3.8, 4) is 0 Å². The molecule has 0 bridgehead atoms. The first-order chi connectivity index (χ1) is 6.06. The Balaban J connectivity index is 3.03. The van der Waals surface area contributed by atoms with E-state index >= 15 is 0 Å². The molecule has 1 heterocycles. The van der Waals surface area contributed by atoms with Gasteiger partial charge in [-0.15, -0.1) is 0 Å². The summed E-state index contributed by atoms with van der Waals surface area (Å²) in [6.45, 7) is 3.41. The van der Waals surface area contributed by atoms with Gasteiger partial charge in [-0.25, -0.2) is 9.59 Å². The van der Waals surface area contributed by atoms with Crippen LogP contribution in [-0.4, -0.2) is 11.9 Å². The normalized spacial score (nSPS) is 18.2. The highest BCUT2D eigenvalue weighted by molar-refractivity contribution is 6.13. The van der Waals surface area contributed by atoms with Crippen molar-refractivity contribution in [2.24, 2.45) is 5.73 Å². The van der Waals surface area contributed by atoms with Crippen LogP contribution >= 0.6 is 0 Å². The molecule has 13 heavy (non-hydrogen) atoms. The predicted octanol–water partition coefficient (Wildman–Crippen LogP) is 0.639. The van der Waals surface area contributed by atoms with Crippen LogP contribution in [0, 0.1) is 0 Å². The lowest BCUT2D eigenvalue weighted by atomic mass is 10.1. The first-order valence-electron chi connectivity index (χ1n) is 3.99. The molecule has 1 rings (SSSR count). The number of rotatable bonds is 2. The summed E-state index contributed by atoms with van der Waals surface area (Å²) in [5.74, 6) is -1.20. The van der Waals surface area contributed by atoms with Crippen LogP contribution in [0.1, 0.15) is 20.3 Å². The predicted molar refractivity (Wildman–Crippen MR) is 46.4 cm³/mol. The van der Waals surface area contributed by atoms with Gasteiger partial charge in [-0.2, -0.15) is 0 Å². The van der Waals surface area contributed by atoms with Gasteiger partial charge in [-0.05, 0) is 19.4 Å². The molecule has 0 radical (unpaired) electrons. The van der Waals surface area contributed by atoms with Crippen molar-refractivity contribution in [1.29, 1.82) is 0 Å². The van der Waals surface area contributed by atoms with Gasteiger partial charge in [-0.1, -0.05) is 6.92 Å². The van der Waals surface area contributed by atoms with Crippen molar-refractivity contribution in [2.45, 2.75) is 20.3 Å². The van der Waals surface area contributed by atoms with Crippen molar-refractivity contribution < 1.29 is 14.3 Å². The molecule has 4 heteroatoms. The second-order valence-electron chi connectivity index (χ2n) is 2.79. The van der Waals surface area contributed by atoms with Crippen LogP contribution in [0.25, 0.3) is 0 Å². The molecule has 0 atom stereocenters. The average molecular weight is 181 g/mol. The molecule has 70 valence electrons. The molecular weight excluding hydrogens is 170 g/mol. The fraction of sp³-hybridized carbons (Fsp3) is 0.333. The first-order valence-corrected chi connectivity index (χ1v) is 3.99. The highest BCUT2D eigenvalue weighted by Gasteiger charge is 2.28. The minimum atomic E-state index is -0.612. The lowest BCUT2D eigenvalue weighted by Crippen LogP contribution is -2.02. The van der Waals surface area contributed by atoms with Crippen LogP contribution in [0.15, 0.2) is 22.9 Å². The third kappa shape index (κ3) is 1.77. The SMILES string of the molecule is CC/C(N)=C\C1=C(C)C(=O)OC1=O. The van der Waals surface area contributed by atoms with Crippen LogP contribution in [0.2, 0.25) is 0 Å². The van der Waals surface area contributed by atoms with Gasteiger partial charge in [0.05, 0.1) is 5.57 Å². The van der Waals surface area contributed by atoms with Gasteiger partial charge in [0.25, 0.3) is 0 Å². The Morgan fingerprint density at radius 1 is 1.46 bits per heavy atom. The van der Waals surface area contributed by atoms with E-state index in [1.54, 1.807) is 6.92 Å². The van der Waals surface area contributed by atoms with Crippen molar-refractivity contribution >= 4 is 11.9 Å². The number of cyclic esters (lactones) is 2. The molecule has 0 saturated carbocycles. The Morgan fingerprint density at radius 3 is 2.46 bits per heavy atom. The second-order valence-corrected chi connectivity index (χ2v) is 2.79. The van der Waals surface area contributed by atoms with Crippen molar-refractivity contribution in [2.75, 3.05) is 0 Å². The van der Waals surface area contributed by atoms with E-state index in [-0.39, 0.29) is 5.57 Å². The molecule has 1 aliphatic rings. The van der Waals surface area contributed by atoms with Crippen molar-refractivity contribution in [3.63, 3.8) is 0 Å². The Morgan fingerprint density at radius 2 is 2.08 bits per heavy atom. The summed E-state index contributed by atoms with van der Waals surface area (Å²) in [5, 5.41) is 0. The summed E-state index contributed by atoms with van der Waals surface area (Å²) in [7, 11) is 0. The van der Waals surface area contributed by atoms with Crippen LogP contribution in [0.3, 0.4) is 0 Å². The summed E-state index contributed by atoms with van der Waals surface area (Å²) < 4.78 is 4.38. The Hall–Kier alpha value is -1.58. The molecule has 0 aromatic heterocycles. The van der Waals surface area contributed by atoms with Crippen LogP contribution < -0.4 is 5.73 Å². The molecule has 4 nitrogen and oxygen atoms in total. The summed E-state index contributed by atoms with van der Waals surface area (Å²) in [4.78, 5) is 21.9. The molecule has 0 spiro atoms. The molecule has 2 N–H and O–H groups in total. The highest BCUT2D eigenvalue weighted by Crippen LogP contribution is 2.18. The molecule has 0 saturated heterocycles. The minimum absolute atomic E-state index is 0.268. The first kappa shape index (κ1) is 9.51. The van der Waals surface area contributed by atoms with Gasteiger partial charge in [0.2, 0.25) is 0 Å². The molecule has 0 unspecified atom stereocenters. The number of carbonyl (C=O) groups excluding carboxylic acids is 2. The maximum absolute atomic E-state index is 11.0. The molecular formula is C9H11NO3. The molecule has 0 aromatic rings. The van der Waals surface area contributed by atoms with E-state index in [4.69, 9.17) is 5.73 Å². The fourth-order valence-corrected chi connectivity index (χ4v) is 0.933.